The lowest BCUT2D eigenvalue weighted by Gasteiger charge is -2.13. The number of rotatable bonds is 3. The maximum absolute atomic E-state index is 5.19. The Bertz CT molecular complexity index is 1020. The van der Waals surface area contributed by atoms with Gasteiger partial charge in [-0.1, -0.05) is 32.1 Å². The van der Waals surface area contributed by atoms with Crippen LogP contribution in [-0.4, -0.2) is 37.1 Å². The van der Waals surface area contributed by atoms with E-state index in [1.165, 1.54) is 11.3 Å². The summed E-state index contributed by atoms with van der Waals surface area (Å²) in [7, 11) is 1.65. The van der Waals surface area contributed by atoms with Crippen molar-refractivity contribution in [1.82, 2.24) is 30.0 Å². The van der Waals surface area contributed by atoms with Crippen LogP contribution in [-0.2, 0) is 5.41 Å². The number of hydrogen-bond acceptors (Lipinski definition) is 6. The van der Waals surface area contributed by atoms with Crippen LogP contribution in [0.2, 0.25) is 0 Å². The first-order chi connectivity index (χ1) is 12.0. The number of hydrogen-bond donors (Lipinski definition) is 1. The summed E-state index contributed by atoms with van der Waals surface area (Å²) in [6, 6.07) is 9.79. The van der Waals surface area contributed by atoms with Crippen molar-refractivity contribution in [3.8, 4) is 27.7 Å². The number of ether oxygens (including phenoxy) is 1. The molecule has 1 aromatic carbocycles. The Balaban J connectivity index is 1.70. The predicted octanol–water partition coefficient (Wildman–Crippen LogP) is 3.55. The molecule has 4 aromatic rings. The van der Waals surface area contributed by atoms with Crippen molar-refractivity contribution >= 4 is 16.3 Å². The summed E-state index contributed by atoms with van der Waals surface area (Å²) in [5.74, 6) is 1.67. The molecule has 0 bridgehead atoms. The average Bonchev–Trinajstić information content (AvgIpc) is 3.28. The van der Waals surface area contributed by atoms with Crippen molar-refractivity contribution < 1.29 is 4.74 Å². The van der Waals surface area contributed by atoms with Gasteiger partial charge in [-0.05, 0) is 30.3 Å². The fourth-order valence-electron chi connectivity index (χ4n) is 2.53. The minimum absolute atomic E-state index is 0.118. The summed E-state index contributed by atoms with van der Waals surface area (Å²) >= 11 is 1.49. The predicted molar refractivity (Wildman–Crippen MR) is 96.9 cm³/mol. The van der Waals surface area contributed by atoms with Gasteiger partial charge in [-0.25, -0.2) is 0 Å². The highest BCUT2D eigenvalue weighted by atomic mass is 32.1. The molecular weight excluding hydrogens is 336 g/mol. The largest absolute Gasteiger partial charge is 0.497 e. The highest BCUT2D eigenvalue weighted by Gasteiger charge is 2.24. The smallest absolute Gasteiger partial charge is 0.235 e. The lowest BCUT2D eigenvalue weighted by Crippen LogP contribution is -2.16. The van der Waals surface area contributed by atoms with Crippen molar-refractivity contribution in [3.05, 3.63) is 36.2 Å². The third-order valence-corrected chi connectivity index (χ3v) is 4.79. The van der Waals surface area contributed by atoms with Crippen LogP contribution in [0.3, 0.4) is 0 Å². The zero-order chi connectivity index (χ0) is 17.6. The zero-order valence-electron chi connectivity index (χ0n) is 14.4. The molecule has 3 aromatic heterocycles. The van der Waals surface area contributed by atoms with Gasteiger partial charge < -0.3 is 4.74 Å². The molecule has 0 aliphatic heterocycles. The molecule has 8 heteroatoms. The van der Waals surface area contributed by atoms with Gasteiger partial charge in [0.2, 0.25) is 4.96 Å². The Kier molecular flexibility index (Phi) is 3.57. The minimum Gasteiger partial charge on any atom is -0.497 e. The van der Waals surface area contributed by atoms with Crippen LogP contribution in [0.4, 0.5) is 0 Å². The van der Waals surface area contributed by atoms with Crippen molar-refractivity contribution in [2.24, 2.45) is 0 Å². The van der Waals surface area contributed by atoms with Crippen molar-refractivity contribution in [1.29, 1.82) is 0 Å². The summed E-state index contributed by atoms with van der Waals surface area (Å²) < 4.78 is 7.00. The lowest BCUT2D eigenvalue weighted by molar-refractivity contribution is 0.415. The van der Waals surface area contributed by atoms with E-state index in [2.05, 4.69) is 46.3 Å². The quantitative estimate of drug-likeness (QED) is 0.608. The second-order valence-corrected chi connectivity index (χ2v) is 7.73. The van der Waals surface area contributed by atoms with E-state index in [0.29, 0.717) is 0 Å². The van der Waals surface area contributed by atoms with Crippen LogP contribution in [0.15, 0.2) is 30.3 Å². The topological polar surface area (TPSA) is 81.0 Å². The Morgan fingerprint density at radius 1 is 1.12 bits per heavy atom. The molecule has 0 atom stereocenters. The Labute approximate surface area is 148 Å². The van der Waals surface area contributed by atoms with E-state index < -0.39 is 0 Å². The summed E-state index contributed by atoms with van der Waals surface area (Å²) in [6.45, 7) is 6.29. The number of nitrogens with zero attached hydrogens (tertiary/aromatic N) is 5. The summed E-state index contributed by atoms with van der Waals surface area (Å²) in [5, 5.41) is 21.5. The minimum atomic E-state index is -0.118. The third kappa shape index (κ3) is 2.78. The molecule has 0 amide bonds. The number of fused-ring (bicyclic) bond motifs is 1. The van der Waals surface area contributed by atoms with Crippen LogP contribution < -0.4 is 4.74 Å². The number of H-pyrrole nitrogens is 1. The fourth-order valence-corrected chi connectivity index (χ4v) is 3.34. The maximum atomic E-state index is 5.19. The normalized spacial score (nSPS) is 12.0. The zero-order valence-corrected chi connectivity index (χ0v) is 15.3. The van der Waals surface area contributed by atoms with Crippen LogP contribution in [0.25, 0.3) is 26.9 Å². The van der Waals surface area contributed by atoms with Gasteiger partial charge in [-0.15, -0.1) is 10.2 Å². The molecule has 0 fully saturated rings. The molecule has 0 spiro atoms. The lowest BCUT2D eigenvalue weighted by atomic mass is 9.96. The van der Waals surface area contributed by atoms with Gasteiger partial charge in [-0.3, -0.25) is 5.10 Å². The molecule has 128 valence electrons. The summed E-state index contributed by atoms with van der Waals surface area (Å²) in [4.78, 5) is 0.778. The number of aromatic nitrogens is 6. The Morgan fingerprint density at radius 3 is 2.56 bits per heavy atom. The molecule has 3 heterocycles. The van der Waals surface area contributed by atoms with Gasteiger partial charge in [0.05, 0.1) is 18.5 Å². The van der Waals surface area contributed by atoms with Gasteiger partial charge in [0.25, 0.3) is 0 Å². The van der Waals surface area contributed by atoms with E-state index >= 15 is 0 Å². The standard InChI is InChI=1S/C17H18N6OS/c1-17(2,3)15-20-21-16-23(15)22-14(25-16)13-9-12(18-19-13)10-5-7-11(24-4)8-6-10/h5-9H,1-4H3,(H,18,19). The number of nitrogens with one attached hydrogen (secondary N) is 1. The SMILES string of the molecule is COc1ccc(-c2cc(-c3nn4c(C(C)(C)C)nnc4s3)[nH]n2)cc1. The van der Waals surface area contributed by atoms with Crippen LogP contribution in [0.1, 0.15) is 26.6 Å². The first-order valence-corrected chi connectivity index (χ1v) is 8.70. The highest BCUT2D eigenvalue weighted by molar-refractivity contribution is 7.19. The number of benzene rings is 1. The van der Waals surface area contributed by atoms with E-state index in [9.17, 15) is 0 Å². The number of methoxy groups -OCH3 is 1. The first kappa shape index (κ1) is 15.8. The molecule has 1 N–H and O–H groups in total. The van der Waals surface area contributed by atoms with Crippen molar-refractivity contribution in [2.75, 3.05) is 7.11 Å². The van der Waals surface area contributed by atoms with Gasteiger partial charge in [-0.2, -0.15) is 14.7 Å². The fraction of sp³-hybridized carbons (Fsp3) is 0.294. The maximum Gasteiger partial charge on any atom is 0.235 e. The Hall–Kier alpha value is -2.74. The third-order valence-electron chi connectivity index (χ3n) is 3.86. The molecule has 25 heavy (non-hydrogen) atoms. The van der Waals surface area contributed by atoms with Gasteiger partial charge in [0.15, 0.2) is 10.8 Å². The number of aromatic amines is 1. The molecule has 0 saturated carbocycles. The molecule has 4 rings (SSSR count). The Morgan fingerprint density at radius 2 is 1.88 bits per heavy atom. The molecule has 0 aliphatic rings. The van der Waals surface area contributed by atoms with E-state index in [1.807, 2.05) is 34.8 Å². The molecule has 0 aliphatic carbocycles. The first-order valence-electron chi connectivity index (χ1n) is 7.88. The van der Waals surface area contributed by atoms with Crippen LogP contribution in [0, 0.1) is 0 Å². The van der Waals surface area contributed by atoms with E-state index in [0.717, 1.165) is 38.5 Å². The van der Waals surface area contributed by atoms with E-state index in [1.54, 1.807) is 7.11 Å². The second-order valence-electron chi connectivity index (χ2n) is 6.77. The molecule has 7 nitrogen and oxygen atoms in total. The molecule has 0 unspecified atom stereocenters. The van der Waals surface area contributed by atoms with E-state index in [4.69, 9.17) is 4.74 Å². The van der Waals surface area contributed by atoms with Crippen LogP contribution >= 0.6 is 11.3 Å². The average molecular weight is 354 g/mol. The van der Waals surface area contributed by atoms with Crippen LogP contribution in [0.5, 0.6) is 5.75 Å². The van der Waals surface area contributed by atoms with Gasteiger partial charge in [0, 0.05) is 11.0 Å². The van der Waals surface area contributed by atoms with Gasteiger partial charge >= 0.3 is 0 Å². The second kappa shape index (κ2) is 5.66. The molecule has 0 saturated heterocycles. The summed E-state index contributed by atoms with van der Waals surface area (Å²) in [5.41, 5.74) is 2.62. The van der Waals surface area contributed by atoms with Crippen molar-refractivity contribution in [3.63, 3.8) is 0 Å². The summed E-state index contributed by atoms with van der Waals surface area (Å²) in [6.07, 6.45) is 0. The van der Waals surface area contributed by atoms with Gasteiger partial charge in [0.1, 0.15) is 5.75 Å². The molecular formula is C17H18N6OS. The highest BCUT2D eigenvalue weighted by Crippen LogP contribution is 2.30. The van der Waals surface area contributed by atoms with Crippen molar-refractivity contribution in [2.45, 2.75) is 26.2 Å². The molecule has 0 radical (unpaired) electrons. The van der Waals surface area contributed by atoms with E-state index in [-0.39, 0.29) is 5.41 Å². The monoisotopic (exact) mass is 354 g/mol.